The van der Waals surface area contributed by atoms with Crippen LogP contribution in [0.1, 0.15) is 68.3 Å². The van der Waals surface area contributed by atoms with E-state index in [0.29, 0.717) is 23.9 Å². The summed E-state index contributed by atoms with van der Waals surface area (Å²) in [6.07, 6.45) is 8.20. The van der Waals surface area contributed by atoms with E-state index in [0.717, 1.165) is 78.5 Å². The van der Waals surface area contributed by atoms with Gasteiger partial charge in [-0.15, -0.1) is 0 Å². The van der Waals surface area contributed by atoms with Gasteiger partial charge in [0.05, 0.1) is 11.3 Å². The summed E-state index contributed by atoms with van der Waals surface area (Å²) in [4.78, 5) is 33.4. The van der Waals surface area contributed by atoms with E-state index in [-0.39, 0.29) is 23.4 Å². The van der Waals surface area contributed by atoms with Crippen LogP contribution in [-0.4, -0.2) is 40.0 Å². The SMILES string of the molecule is CCCc1c(Cc2ccc(-c3ccccc3-c3noc(=O)[nH]3)cc2)c(=O)n(C2C3CC4CC2CC(O)(C4)C3)c2ncnn12. The van der Waals surface area contributed by atoms with E-state index < -0.39 is 11.4 Å². The smallest absolute Gasteiger partial charge is 0.390 e. The zero-order valence-corrected chi connectivity index (χ0v) is 24.1. The monoisotopic (exact) mass is 578 g/mol. The lowest BCUT2D eigenvalue weighted by Gasteiger charge is -2.58. The van der Waals surface area contributed by atoms with Crippen LogP contribution in [0.2, 0.25) is 0 Å². The molecule has 4 aliphatic carbocycles. The van der Waals surface area contributed by atoms with E-state index in [1.165, 1.54) is 0 Å². The van der Waals surface area contributed by atoms with Gasteiger partial charge in [-0.05, 0) is 73.0 Å². The maximum Gasteiger partial charge on any atom is 0.439 e. The second kappa shape index (κ2) is 9.87. The Morgan fingerprint density at radius 3 is 2.44 bits per heavy atom. The summed E-state index contributed by atoms with van der Waals surface area (Å²) in [6.45, 7) is 2.12. The maximum absolute atomic E-state index is 14.6. The predicted octanol–water partition coefficient (Wildman–Crippen LogP) is 4.56. The summed E-state index contributed by atoms with van der Waals surface area (Å²) in [5.74, 6) is 1.52. The Labute approximate surface area is 247 Å². The van der Waals surface area contributed by atoms with Crippen molar-refractivity contribution in [3.05, 3.63) is 92.6 Å². The number of fused-ring (bicyclic) bond motifs is 1. The van der Waals surface area contributed by atoms with Crippen molar-refractivity contribution in [2.75, 3.05) is 0 Å². The number of hydrogen-bond donors (Lipinski definition) is 2. The van der Waals surface area contributed by atoms with Crippen LogP contribution >= 0.6 is 0 Å². The highest BCUT2D eigenvalue weighted by Gasteiger charge is 2.56. The van der Waals surface area contributed by atoms with Crippen molar-refractivity contribution in [3.8, 4) is 22.5 Å². The molecule has 9 rings (SSSR count). The van der Waals surface area contributed by atoms with Gasteiger partial charge in [0.15, 0.2) is 5.82 Å². The minimum atomic E-state index is -0.595. The molecule has 2 aromatic carbocycles. The van der Waals surface area contributed by atoms with Gasteiger partial charge >= 0.3 is 5.76 Å². The molecule has 10 heteroatoms. The standard InChI is InChI=1S/C33H34N6O4/c1-2-5-27-26(14-19-8-10-21(11-9-19)24-6-3-4-7-25(24)29-36-32(41)43-37-29)30(40)38(31-34-18-35-39(27)31)28-22-12-20-13-23(28)17-33(42,15-20)16-22/h3-4,6-11,18,20,22-23,28,42H,2,5,12-17H2,1H3,(H,36,37,41). The van der Waals surface area contributed by atoms with E-state index in [2.05, 4.69) is 39.3 Å². The van der Waals surface area contributed by atoms with E-state index in [1.54, 1.807) is 6.33 Å². The predicted molar refractivity (Wildman–Crippen MR) is 160 cm³/mol. The highest BCUT2D eigenvalue weighted by molar-refractivity contribution is 5.80. The average Bonchev–Trinajstić information content (AvgIpc) is 3.65. The quantitative estimate of drug-likeness (QED) is 0.290. The van der Waals surface area contributed by atoms with Gasteiger partial charge < -0.3 is 5.11 Å². The molecule has 2 unspecified atom stereocenters. The highest BCUT2D eigenvalue weighted by atomic mass is 16.5. The lowest BCUT2D eigenvalue weighted by Crippen LogP contribution is -2.56. The molecule has 2 N–H and O–H groups in total. The molecule has 4 fully saturated rings. The molecule has 4 saturated carbocycles. The average molecular weight is 579 g/mol. The van der Waals surface area contributed by atoms with Gasteiger partial charge in [0.25, 0.3) is 5.56 Å². The molecule has 220 valence electrons. The Morgan fingerprint density at radius 1 is 1.02 bits per heavy atom. The van der Waals surface area contributed by atoms with Crippen LogP contribution in [0, 0.1) is 17.8 Å². The Hall–Kier alpha value is -4.31. The Balaban J connectivity index is 1.19. The number of hydrogen-bond acceptors (Lipinski definition) is 7. The van der Waals surface area contributed by atoms with Crippen LogP contribution in [0.3, 0.4) is 0 Å². The number of aliphatic hydroxyl groups is 1. The number of aryl methyl sites for hydroxylation is 1. The molecule has 0 amide bonds. The summed E-state index contributed by atoms with van der Waals surface area (Å²) < 4.78 is 8.57. The van der Waals surface area contributed by atoms with Crippen molar-refractivity contribution < 1.29 is 9.63 Å². The molecule has 2 atom stereocenters. The van der Waals surface area contributed by atoms with Crippen molar-refractivity contribution in [3.63, 3.8) is 0 Å². The third-order valence-corrected chi connectivity index (χ3v) is 10.1. The molecule has 5 aromatic rings. The summed E-state index contributed by atoms with van der Waals surface area (Å²) in [5, 5.41) is 19.7. The van der Waals surface area contributed by atoms with Crippen molar-refractivity contribution in [1.82, 2.24) is 29.3 Å². The van der Waals surface area contributed by atoms with Gasteiger partial charge in [0, 0.05) is 23.6 Å². The van der Waals surface area contributed by atoms with Crippen LogP contribution in [0.15, 0.2) is 69.0 Å². The van der Waals surface area contributed by atoms with Crippen LogP contribution in [-0.2, 0) is 12.8 Å². The molecule has 0 spiro atoms. The molecule has 4 bridgehead atoms. The van der Waals surface area contributed by atoms with Crippen molar-refractivity contribution in [2.24, 2.45) is 17.8 Å². The first-order valence-corrected chi connectivity index (χ1v) is 15.3. The normalized spacial score (nSPS) is 26.0. The zero-order chi connectivity index (χ0) is 29.3. The second-order valence-corrected chi connectivity index (χ2v) is 12.9. The second-order valence-electron chi connectivity index (χ2n) is 12.9. The fourth-order valence-electron chi connectivity index (χ4n) is 8.69. The molecule has 43 heavy (non-hydrogen) atoms. The lowest BCUT2D eigenvalue weighted by atomic mass is 9.52. The summed E-state index contributed by atoms with van der Waals surface area (Å²) in [6, 6.07) is 15.9. The van der Waals surface area contributed by atoms with E-state index in [9.17, 15) is 14.7 Å². The van der Waals surface area contributed by atoms with E-state index >= 15 is 0 Å². The first-order chi connectivity index (χ1) is 20.9. The number of benzene rings is 2. The van der Waals surface area contributed by atoms with Gasteiger partial charge in [0.2, 0.25) is 5.78 Å². The van der Waals surface area contributed by atoms with Gasteiger partial charge in [-0.25, -0.2) is 9.31 Å². The van der Waals surface area contributed by atoms with E-state index in [4.69, 9.17) is 4.52 Å². The third-order valence-electron chi connectivity index (χ3n) is 10.1. The van der Waals surface area contributed by atoms with Gasteiger partial charge in [-0.1, -0.05) is 67.0 Å². The molecule has 0 aliphatic heterocycles. The van der Waals surface area contributed by atoms with Gasteiger partial charge in [-0.2, -0.15) is 10.1 Å². The molecular formula is C33H34N6O4. The van der Waals surface area contributed by atoms with Crippen LogP contribution in [0.5, 0.6) is 0 Å². The maximum atomic E-state index is 14.6. The first-order valence-electron chi connectivity index (χ1n) is 15.3. The number of H-pyrrole nitrogens is 1. The Bertz CT molecular complexity index is 1930. The first kappa shape index (κ1) is 26.3. The molecule has 0 radical (unpaired) electrons. The molecule has 3 heterocycles. The van der Waals surface area contributed by atoms with Crippen molar-refractivity contribution in [1.29, 1.82) is 0 Å². The Morgan fingerprint density at radius 2 is 1.77 bits per heavy atom. The number of rotatable bonds is 7. The largest absolute Gasteiger partial charge is 0.439 e. The van der Waals surface area contributed by atoms with Gasteiger partial charge in [-0.3, -0.25) is 18.9 Å². The van der Waals surface area contributed by atoms with Crippen LogP contribution in [0.4, 0.5) is 0 Å². The summed E-state index contributed by atoms with van der Waals surface area (Å²) >= 11 is 0. The fraction of sp³-hybridized carbons (Fsp3) is 0.424. The molecule has 10 nitrogen and oxygen atoms in total. The van der Waals surface area contributed by atoms with Crippen LogP contribution in [0.25, 0.3) is 28.3 Å². The Kier molecular flexibility index (Phi) is 6.04. The zero-order valence-electron chi connectivity index (χ0n) is 24.1. The number of aromatic amines is 1. The van der Waals surface area contributed by atoms with Crippen molar-refractivity contribution in [2.45, 2.75) is 69.9 Å². The van der Waals surface area contributed by atoms with Crippen molar-refractivity contribution >= 4 is 5.78 Å². The minimum absolute atomic E-state index is 0.0258. The number of nitrogens with zero attached hydrogens (tertiary/aromatic N) is 5. The third kappa shape index (κ3) is 4.30. The molecular weight excluding hydrogens is 544 g/mol. The lowest BCUT2D eigenvalue weighted by molar-refractivity contribution is -0.147. The van der Waals surface area contributed by atoms with Gasteiger partial charge in [0.1, 0.15) is 6.33 Å². The molecule has 0 saturated heterocycles. The molecule has 3 aromatic heterocycles. The number of aromatic nitrogens is 6. The minimum Gasteiger partial charge on any atom is -0.390 e. The fourth-order valence-corrected chi connectivity index (χ4v) is 8.69. The highest BCUT2D eigenvalue weighted by Crippen LogP contribution is 2.59. The molecule has 4 aliphatic rings. The summed E-state index contributed by atoms with van der Waals surface area (Å²) in [5.41, 5.74) is 4.81. The van der Waals surface area contributed by atoms with E-state index in [1.807, 2.05) is 45.5 Å². The summed E-state index contributed by atoms with van der Waals surface area (Å²) in [7, 11) is 0. The van der Waals surface area contributed by atoms with Crippen LogP contribution < -0.4 is 11.3 Å². The topological polar surface area (TPSA) is 131 Å². The number of nitrogens with one attached hydrogen (secondary N) is 1.